The van der Waals surface area contributed by atoms with Crippen molar-refractivity contribution >= 4 is 29.5 Å². The van der Waals surface area contributed by atoms with Gasteiger partial charge in [0.05, 0.1) is 11.9 Å². The maximum absolute atomic E-state index is 12.1. The Morgan fingerprint density at radius 2 is 2.00 bits per heavy atom. The normalized spacial score (nSPS) is 16.9. The molecule has 2 N–H and O–H groups in total. The topological polar surface area (TPSA) is 114 Å². The predicted molar refractivity (Wildman–Crippen MR) is 93.5 cm³/mol. The Morgan fingerprint density at radius 1 is 1.27 bits per heavy atom. The smallest absolute Gasteiger partial charge is 0.410 e. The first-order chi connectivity index (χ1) is 12.2. The Hall–Kier alpha value is -2.42. The number of hydrogen-bond donors (Lipinski definition) is 2. The van der Waals surface area contributed by atoms with Gasteiger partial charge in [-0.05, 0) is 27.2 Å². The van der Waals surface area contributed by atoms with Crippen LogP contribution in [0.1, 0.15) is 49.3 Å². The summed E-state index contributed by atoms with van der Waals surface area (Å²) in [5.74, 6) is -1.36. The summed E-state index contributed by atoms with van der Waals surface area (Å²) in [5, 5.41) is 0. The third-order valence-corrected chi connectivity index (χ3v) is 3.84. The van der Waals surface area contributed by atoms with Gasteiger partial charge in [-0.25, -0.2) is 9.78 Å². The summed E-state index contributed by atoms with van der Waals surface area (Å²) in [7, 11) is 0. The zero-order valence-electron chi connectivity index (χ0n) is 14.9. The fourth-order valence-corrected chi connectivity index (χ4v) is 2.45. The van der Waals surface area contributed by atoms with E-state index in [-0.39, 0.29) is 23.6 Å². The molecule has 1 fully saturated rings. The number of aromatic nitrogens is 2. The molecule has 1 unspecified atom stereocenters. The van der Waals surface area contributed by atoms with E-state index >= 15 is 0 Å². The summed E-state index contributed by atoms with van der Waals surface area (Å²) in [4.78, 5) is 44.9. The van der Waals surface area contributed by atoms with E-state index in [2.05, 4.69) is 20.8 Å². The molecule has 0 bridgehead atoms. The van der Waals surface area contributed by atoms with Gasteiger partial charge in [-0.15, -0.1) is 11.6 Å². The Bertz CT molecular complexity index is 674. The Morgan fingerprint density at radius 3 is 2.58 bits per heavy atom. The summed E-state index contributed by atoms with van der Waals surface area (Å²) >= 11 is 5.32. The number of carbonyl (C=O) groups is 3. The molecule has 1 aliphatic heterocycles. The first-order valence-electron chi connectivity index (χ1n) is 8.14. The average molecular weight is 384 g/mol. The first-order valence-corrected chi connectivity index (χ1v) is 8.68. The van der Waals surface area contributed by atoms with Crippen LogP contribution in [0.15, 0.2) is 12.4 Å². The zero-order chi connectivity index (χ0) is 19.3. The second kappa shape index (κ2) is 8.31. The highest BCUT2D eigenvalue weighted by Gasteiger charge is 2.31. The van der Waals surface area contributed by atoms with Gasteiger partial charge in [0.1, 0.15) is 17.2 Å². The van der Waals surface area contributed by atoms with E-state index in [9.17, 15) is 14.4 Å². The van der Waals surface area contributed by atoms with E-state index in [4.69, 9.17) is 16.3 Å². The molecule has 1 atom stereocenters. The highest BCUT2D eigenvalue weighted by molar-refractivity contribution is 6.27. The van der Waals surface area contributed by atoms with E-state index < -0.39 is 17.4 Å². The minimum atomic E-state index is -0.593. The molecule has 0 aromatic carbocycles. The van der Waals surface area contributed by atoms with Crippen molar-refractivity contribution in [3.05, 3.63) is 23.8 Å². The van der Waals surface area contributed by atoms with E-state index in [0.717, 1.165) is 6.42 Å². The number of carbonyl (C=O) groups excluding carboxylic acids is 3. The SMILES string of the molecule is CC(C)(C)OC(=O)N1CCC(c2cnc(C(=O)NNC(=O)CCl)cn2)C1. The summed E-state index contributed by atoms with van der Waals surface area (Å²) in [6.07, 6.45) is 3.22. The van der Waals surface area contributed by atoms with Crippen molar-refractivity contribution in [2.75, 3.05) is 19.0 Å². The summed E-state index contributed by atoms with van der Waals surface area (Å²) in [6, 6.07) is 0. The molecular weight excluding hydrogens is 362 g/mol. The molecule has 0 spiro atoms. The minimum absolute atomic E-state index is 0.0306. The van der Waals surface area contributed by atoms with Gasteiger partial charge in [0.25, 0.3) is 11.8 Å². The van der Waals surface area contributed by atoms with Crippen LogP contribution in [-0.4, -0.2) is 57.3 Å². The lowest BCUT2D eigenvalue weighted by molar-refractivity contribution is -0.119. The number of hydrazine groups is 1. The Labute approximate surface area is 156 Å². The highest BCUT2D eigenvalue weighted by Crippen LogP contribution is 2.26. The number of nitrogens with zero attached hydrogens (tertiary/aromatic N) is 3. The van der Waals surface area contributed by atoms with Crippen molar-refractivity contribution in [2.24, 2.45) is 0 Å². The lowest BCUT2D eigenvalue weighted by atomic mass is 10.1. The van der Waals surface area contributed by atoms with Crippen molar-refractivity contribution in [3.8, 4) is 0 Å². The van der Waals surface area contributed by atoms with Crippen molar-refractivity contribution in [2.45, 2.75) is 38.7 Å². The first kappa shape index (κ1) is 19.9. The summed E-state index contributed by atoms with van der Waals surface area (Å²) in [5.41, 5.74) is 4.54. The van der Waals surface area contributed by atoms with Gasteiger partial charge in [-0.1, -0.05) is 0 Å². The highest BCUT2D eigenvalue weighted by atomic mass is 35.5. The fourth-order valence-electron chi connectivity index (χ4n) is 2.38. The van der Waals surface area contributed by atoms with Crippen LogP contribution in [0, 0.1) is 0 Å². The number of amides is 3. The molecule has 0 radical (unpaired) electrons. The summed E-state index contributed by atoms with van der Waals surface area (Å²) < 4.78 is 5.37. The molecule has 9 nitrogen and oxygen atoms in total. The van der Waals surface area contributed by atoms with E-state index in [1.54, 1.807) is 4.90 Å². The number of ether oxygens (including phenoxy) is 1. The van der Waals surface area contributed by atoms with Crippen molar-refractivity contribution in [1.82, 2.24) is 25.7 Å². The molecule has 0 saturated carbocycles. The molecule has 0 aliphatic carbocycles. The molecule has 10 heteroatoms. The van der Waals surface area contributed by atoms with Gasteiger partial charge in [-0.3, -0.25) is 25.4 Å². The average Bonchev–Trinajstić information content (AvgIpc) is 3.08. The maximum Gasteiger partial charge on any atom is 0.410 e. The quantitative estimate of drug-likeness (QED) is 0.599. The lowest BCUT2D eigenvalue weighted by Crippen LogP contribution is -2.42. The molecular formula is C16H22ClN5O4. The molecule has 26 heavy (non-hydrogen) atoms. The minimum Gasteiger partial charge on any atom is -0.444 e. The molecule has 3 amide bonds. The van der Waals surface area contributed by atoms with E-state index in [0.29, 0.717) is 18.8 Å². The van der Waals surface area contributed by atoms with Crippen molar-refractivity contribution < 1.29 is 19.1 Å². The number of hydrogen-bond acceptors (Lipinski definition) is 6. The monoisotopic (exact) mass is 383 g/mol. The van der Waals surface area contributed by atoms with Crippen LogP contribution in [0.2, 0.25) is 0 Å². The lowest BCUT2D eigenvalue weighted by Gasteiger charge is -2.24. The number of likely N-dealkylation sites (tertiary alicyclic amines) is 1. The van der Waals surface area contributed by atoms with Crippen molar-refractivity contribution in [3.63, 3.8) is 0 Å². The van der Waals surface area contributed by atoms with Crippen LogP contribution in [-0.2, 0) is 9.53 Å². The van der Waals surface area contributed by atoms with Gasteiger partial charge in [-0.2, -0.15) is 0 Å². The van der Waals surface area contributed by atoms with E-state index in [1.807, 2.05) is 20.8 Å². The third kappa shape index (κ3) is 5.55. The fraction of sp³-hybridized carbons (Fsp3) is 0.562. The number of halogens is 1. The van der Waals surface area contributed by atoms with Crippen LogP contribution in [0.3, 0.4) is 0 Å². The van der Waals surface area contributed by atoms with Gasteiger partial charge in [0, 0.05) is 25.2 Å². The second-order valence-corrected chi connectivity index (χ2v) is 7.14. The number of nitrogens with one attached hydrogen (secondary N) is 2. The standard InChI is InChI=1S/C16H22ClN5O4/c1-16(2,3)26-15(25)22-5-4-10(9-22)11-7-19-12(8-18-11)14(24)21-20-13(23)6-17/h7-8,10H,4-6,9H2,1-3H3,(H,20,23)(H,21,24). The third-order valence-electron chi connectivity index (χ3n) is 3.60. The maximum atomic E-state index is 12.1. The molecule has 142 valence electrons. The van der Waals surface area contributed by atoms with E-state index in [1.165, 1.54) is 12.4 Å². The van der Waals surface area contributed by atoms with Crippen LogP contribution in [0.25, 0.3) is 0 Å². The molecule has 1 aliphatic rings. The van der Waals surface area contributed by atoms with Gasteiger partial charge in [0.15, 0.2) is 0 Å². The molecule has 1 aromatic rings. The number of rotatable bonds is 3. The van der Waals surface area contributed by atoms with Gasteiger partial charge < -0.3 is 9.64 Å². The zero-order valence-corrected chi connectivity index (χ0v) is 15.7. The van der Waals surface area contributed by atoms with Crippen LogP contribution >= 0.6 is 11.6 Å². The van der Waals surface area contributed by atoms with Gasteiger partial charge in [0.2, 0.25) is 0 Å². The van der Waals surface area contributed by atoms with Crippen LogP contribution in [0.5, 0.6) is 0 Å². The molecule has 1 aromatic heterocycles. The summed E-state index contributed by atoms with van der Waals surface area (Å²) in [6.45, 7) is 6.53. The Balaban J connectivity index is 1.92. The van der Waals surface area contributed by atoms with Crippen LogP contribution < -0.4 is 10.9 Å². The van der Waals surface area contributed by atoms with Crippen LogP contribution in [0.4, 0.5) is 4.79 Å². The van der Waals surface area contributed by atoms with Gasteiger partial charge >= 0.3 is 6.09 Å². The van der Waals surface area contributed by atoms with Crippen molar-refractivity contribution in [1.29, 1.82) is 0 Å². The largest absolute Gasteiger partial charge is 0.444 e. The Kier molecular flexibility index (Phi) is 6.36. The molecule has 2 rings (SSSR count). The molecule has 1 saturated heterocycles. The second-order valence-electron chi connectivity index (χ2n) is 6.87. The number of alkyl halides is 1. The predicted octanol–water partition coefficient (Wildman–Crippen LogP) is 1.20. The molecule has 2 heterocycles.